The van der Waals surface area contributed by atoms with Gasteiger partial charge in [0.25, 0.3) is 0 Å². The minimum absolute atomic E-state index is 0.0786. The van der Waals surface area contributed by atoms with Gasteiger partial charge in [-0.15, -0.1) is 0 Å². The summed E-state index contributed by atoms with van der Waals surface area (Å²) in [5.74, 6) is -0.625. The smallest absolute Gasteiger partial charge is 0.227 e. The van der Waals surface area contributed by atoms with Gasteiger partial charge in [0, 0.05) is 48.2 Å². The van der Waals surface area contributed by atoms with Crippen molar-refractivity contribution >= 4 is 34.7 Å². The summed E-state index contributed by atoms with van der Waals surface area (Å²) in [5, 5.41) is 7.64. The van der Waals surface area contributed by atoms with Crippen LogP contribution in [-0.4, -0.2) is 33.0 Å². The van der Waals surface area contributed by atoms with Gasteiger partial charge in [-0.2, -0.15) is 5.10 Å². The van der Waals surface area contributed by atoms with E-state index in [1.165, 1.54) is 0 Å². The fourth-order valence-electron chi connectivity index (χ4n) is 3.10. The number of anilines is 1. The molecule has 3 heterocycles. The molecule has 0 unspecified atom stereocenters. The maximum atomic E-state index is 12.5. The molecule has 1 fully saturated rings. The number of rotatable bonds is 4. The number of benzene rings is 1. The second-order valence-electron chi connectivity index (χ2n) is 6.16. The Balaban J connectivity index is 1.42. The van der Waals surface area contributed by atoms with Crippen molar-refractivity contribution < 1.29 is 9.59 Å². The highest BCUT2D eigenvalue weighted by molar-refractivity contribution is 6.31. The van der Waals surface area contributed by atoms with Gasteiger partial charge in [0.05, 0.1) is 12.1 Å². The van der Waals surface area contributed by atoms with E-state index in [1.54, 1.807) is 52.3 Å². The minimum atomic E-state index is -0.392. The second kappa shape index (κ2) is 6.76. The molecular formula is C18H16ClN5O2. The molecule has 0 bridgehead atoms. The lowest BCUT2D eigenvalue weighted by Crippen LogP contribution is -2.32. The van der Waals surface area contributed by atoms with Crippen LogP contribution in [0.2, 0.25) is 5.02 Å². The molecule has 7 nitrogen and oxygen atoms in total. The van der Waals surface area contributed by atoms with Gasteiger partial charge in [-0.05, 0) is 24.3 Å². The summed E-state index contributed by atoms with van der Waals surface area (Å²) in [6.07, 6.45) is 5.35. The molecule has 0 spiro atoms. The molecule has 1 aromatic carbocycles. The first kappa shape index (κ1) is 16.5. The average Bonchev–Trinajstić information content (AvgIpc) is 3.23. The molecular weight excluding hydrogens is 354 g/mol. The lowest BCUT2D eigenvalue weighted by molar-refractivity contribution is -0.126. The predicted molar refractivity (Wildman–Crippen MR) is 96.7 cm³/mol. The predicted octanol–water partition coefficient (Wildman–Crippen LogP) is 2.05. The summed E-state index contributed by atoms with van der Waals surface area (Å²) in [7, 11) is 0. The standard InChI is InChI=1S/C18H16ClN5O2/c19-14-3-1-4-15(8-14)23-11-12(7-16(23)25)18(26)21-9-13-10-22-24-6-2-5-20-17(13)24/h1-6,8,10,12H,7,9,11H2,(H,21,26)/t12-/m0/s1. The van der Waals surface area contributed by atoms with E-state index in [4.69, 9.17) is 11.6 Å². The summed E-state index contributed by atoms with van der Waals surface area (Å²) in [6.45, 7) is 0.666. The topological polar surface area (TPSA) is 79.6 Å². The average molecular weight is 370 g/mol. The first-order valence-electron chi connectivity index (χ1n) is 8.23. The highest BCUT2D eigenvalue weighted by Crippen LogP contribution is 2.27. The van der Waals surface area contributed by atoms with E-state index < -0.39 is 5.92 Å². The second-order valence-corrected chi connectivity index (χ2v) is 6.60. The van der Waals surface area contributed by atoms with Gasteiger partial charge in [0.15, 0.2) is 5.65 Å². The maximum Gasteiger partial charge on any atom is 0.227 e. The van der Waals surface area contributed by atoms with Crippen LogP contribution in [0, 0.1) is 5.92 Å². The van der Waals surface area contributed by atoms with Crippen molar-refractivity contribution in [3.05, 3.63) is 59.5 Å². The van der Waals surface area contributed by atoms with Crippen LogP contribution in [0.4, 0.5) is 5.69 Å². The highest BCUT2D eigenvalue weighted by Gasteiger charge is 2.35. The van der Waals surface area contributed by atoms with Gasteiger partial charge in [-0.1, -0.05) is 17.7 Å². The van der Waals surface area contributed by atoms with Crippen LogP contribution >= 0.6 is 11.6 Å². The minimum Gasteiger partial charge on any atom is -0.352 e. The lowest BCUT2D eigenvalue weighted by atomic mass is 10.1. The number of nitrogens with zero attached hydrogens (tertiary/aromatic N) is 4. The number of fused-ring (bicyclic) bond motifs is 1. The quantitative estimate of drug-likeness (QED) is 0.763. The van der Waals surface area contributed by atoms with Crippen LogP contribution in [0.1, 0.15) is 12.0 Å². The van der Waals surface area contributed by atoms with E-state index in [0.29, 0.717) is 29.4 Å². The fraction of sp³-hybridized carbons (Fsp3) is 0.222. The van der Waals surface area contributed by atoms with E-state index in [-0.39, 0.29) is 18.2 Å². The van der Waals surface area contributed by atoms with Crippen LogP contribution in [0.5, 0.6) is 0 Å². The van der Waals surface area contributed by atoms with E-state index in [2.05, 4.69) is 15.4 Å². The molecule has 0 radical (unpaired) electrons. The van der Waals surface area contributed by atoms with E-state index >= 15 is 0 Å². The van der Waals surface area contributed by atoms with E-state index in [9.17, 15) is 9.59 Å². The Morgan fingerprint density at radius 3 is 3.08 bits per heavy atom. The SMILES string of the molecule is O=C(NCc1cnn2cccnc12)[C@H]1CC(=O)N(c2cccc(Cl)c2)C1. The summed E-state index contributed by atoms with van der Waals surface area (Å²) < 4.78 is 1.65. The molecule has 132 valence electrons. The number of hydrogen-bond donors (Lipinski definition) is 1. The Labute approximate surface area is 154 Å². The van der Waals surface area contributed by atoms with Gasteiger partial charge < -0.3 is 10.2 Å². The molecule has 0 saturated carbocycles. The lowest BCUT2D eigenvalue weighted by Gasteiger charge is -2.17. The molecule has 1 aliphatic heterocycles. The Morgan fingerprint density at radius 1 is 1.35 bits per heavy atom. The third-order valence-corrected chi connectivity index (χ3v) is 4.66. The number of hydrogen-bond acceptors (Lipinski definition) is 4. The summed E-state index contributed by atoms with van der Waals surface area (Å²) in [4.78, 5) is 30.7. The van der Waals surface area contributed by atoms with Crippen LogP contribution in [0.25, 0.3) is 5.65 Å². The van der Waals surface area contributed by atoms with Crippen molar-refractivity contribution in [3.63, 3.8) is 0 Å². The third kappa shape index (κ3) is 3.13. The van der Waals surface area contributed by atoms with Crippen molar-refractivity contribution in [2.75, 3.05) is 11.4 Å². The summed E-state index contributed by atoms with van der Waals surface area (Å²) >= 11 is 5.99. The molecule has 3 aromatic rings. The van der Waals surface area contributed by atoms with Crippen LogP contribution in [-0.2, 0) is 16.1 Å². The Hall–Kier alpha value is -2.93. The number of amides is 2. The zero-order valence-corrected chi connectivity index (χ0v) is 14.6. The first-order valence-corrected chi connectivity index (χ1v) is 8.60. The Kier molecular flexibility index (Phi) is 4.30. The number of aromatic nitrogens is 3. The normalized spacial score (nSPS) is 17.0. The van der Waals surface area contributed by atoms with Gasteiger partial charge in [0.2, 0.25) is 11.8 Å². The van der Waals surface area contributed by atoms with Crippen molar-refractivity contribution in [3.8, 4) is 0 Å². The van der Waals surface area contributed by atoms with Crippen molar-refractivity contribution in [1.82, 2.24) is 19.9 Å². The highest BCUT2D eigenvalue weighted by atomic mass is 35.5. The molecule has 1 saturated heterocycles. The van der Waals surface area contributed by atoms with Crippen LogP contribution < -0.4 is 10.2 Å². The molecule has 26 heavy (non-hydrogen) atoms. The Morgan fingerprint density at radius 2 is 2.23 bits per heavy atom. The number of carbonyl (C=O) groups excluding carboxylic acids is 2. The number of nitrogens with one attached hydrogen (secondary N) is 1. The number of carbonyl (C=O) groups is 2. The molecule has 1 aliphatic rings. The zero-order chi connectivity index (χ0) is 18.1. The van der Waals surface area contributed by atoms with Gasteiger partial charge in [-0.25, -0.2) is 9.50 Å². The van der Waals surface area contributed by atoms with Crippen molar-refractivity contribution in [2.24, 2.45) is 5.92 Å². The van der Waals surface area contributed by atoms with E-state index in [1.807, 2.05) is 6.07 Å². The number of halogens is 1. The van der Waals surface area contributed by atoms with E-state index in [0.717, 1.165) is 5.56 Å². The molecule has 2 amide bonds. The molecule has 2 aromatic heterocycles. The Bertz CT molecular complexity index is 986. The molecule has 0 aliphatic carbocycles. The van der Waals surface area contributed by atoms with Gasteiger partial charge in [0.1, 0.15) is 0 Å². The summed E-state index contributed by atoms with van der Waals surface area (Å²) in [6, 6.07) is 8.87. The first-order chi connectivity index (χ1) is 12.6. The fourth-order valence-corrected chi connectivity index (χ4v) is 3.29. The molecule has 1 N–H and O–H groups in total. The molecule has 8 heteroatoms. The largest absolute Gasteiger partial charge is 0.352 e. The third-order valence-electron chi connectivity index (χ3n) is 4.42. The van der Waals surface area contributed by atoms with Crippen molar-refractivity contribution in [2.45, 2.75) is 13.0 Å². The van der Waals surface area contributed by atoms with Crippen molar-refractivity contribution in [1.29, 1.82) is 0 Å². The van der Waals surface area contributed by atoms with Crippen LogP contribution in [0.15, 0.2) is 48.9 Å². The van der Waals surface area contributed by atoms with Gasteiger partial charge >= 0.3 is 0 Å². The van der Waals surface area contributed by atoms with Gasteiger partial charge in [-0.3, -0.25) is 9.59 Å². The van der Waals surface area contributed by atoms with Crippen LogP contribution in [0.3, 0.4) is 0 Å². The monoisotopic (exact) mass is 369 g/mol. The maximum absolute atomic E-state index is 12.5. The molecule has 1 atom stereocenters. The summed E-state index contributed by atoms with van der Waals surface area (Å²) in [5.41, 5.74) is 2.25. The zero-order valence-electron chi connectivity index (χ0n) is 13.8. The molecule has 4 rings (SSSR count).